The number of nitrogens with zero attached hydrogens (tertiary/aromatic N) is 3. The zero-order valence-corrected chi connectivity index (χ0v) is 11.3. The standard InChI is InChI=1S/C16H9N3S/c17-9-16-15-4-2-1-3-12(15)10-19(16)14-7-5-13(6-8-14)18-11-20/h1-8,10H. The largest absolute Gasteiger partial charge is 0.307 e. The molecule has 0 saturated heterocycles. The summed E-state index contributed by atoms with van der Waals surface area (Å²) in [6.45, 7) is 0. The molecule has 1 heterocycles. The summed E-state index contributed by atoms with van der Waals surface area (Å²) in [6.07, 6.45) is 1.96. The fourth-order valence-corrected chi connectivity index (χ4v) is 2.32. The van der Waals surface area contributed by atoms with E-state index in [0.29, 0.717) is 5.69 Å². The van der Waals surface area contributed by atoms with Gasteiger partial charge in [-0.3, -0.25) is 0 Å². The summed E-state index contributed by atoms with van der Waals surface area (Å²) < 4.78 is 1.88. The fourth-order valence-electron chi connectivity index (χ4n) is 2.22. The maximum absolute atomic E-state index is 9.39. The Morgan fingerprint density at radius 2 is 1.80 bits per heavy atom. The lowest BCUT2D eigenvalue weighted by Crippen LogP contribution is -1.94. The highest BCUT2D eigenvalue weighted by Crippen LogP contribution is 2.25. The van der Waals surface area contributed by atoms with E-state index < -0.39 is 0 Å². The van der Waals surface area contributed by atoms with E-state index in [0.717, 1.165) is 22.1 Å². The Morgan fingerprint density at radius 1 is 1.05 bits per heavy atom. The van der Waals surface area contributed by atoms with Crippen molar-refractivity contribution in [2.45, 2.75) is 0 Å². The van der Waals surface area contributed by atoms with Crippen molar-refractivity contribution in [1.82, 2.24) is 4.57 Å². The molecule has 0 unspecified atom stereocenters. The Morgan fingerprint density at radius 3 is 2.50 bits per heavy atom. The van der Waals surface area contributed by atoms with Gasteiger partial charge in [0.05, 0.1) is 10.8 Å². The van der Waals surface area contributed by atoms with Gasteiger partial charge >= 0.3 is 0 Å². The van der Waals surface area contributed by atoms with Crippen molar-refractivity contribution in [1.29, 1.82) is 5.26 Å². The molecule has 20 heavy (non-hydrogen) atoms. The van der Waals surface area contributed by atoms with Gasteiger partial charge in [-0.25, -0.2) is 0 Å². The topological polar surface area (TPSA) is 41.1 Å². The molecule has 0 aliphatic rings. The average molecular weight is 275 g/mol. The molecule has 4 heteroatoms. The van der Waals surface area contributed by atoms with Crippen molar-refractivity contribution in [3.8, 4) is 11.8 Å². The fraction of sp³-hybridized carbons (Fsp3) is 0. The van der Waals surface area contributed by atoms with E-state index in [1.54, 1.807) is 0 Å². The first-order valence-electron chi connectivity index (χ1n) is 6.02. The Bertz CT molecular complexity index is 863. The minimum Gasteiger partial charge on any atom is -0.307 e. The van der Waals surface area contributed by atoms with Gasteiger partial charge in [-0.2, -0.15) is 10.3 Å². The first-order chi connectivity index (χ1) is 9.83. The number of thiocarbonyl (C=S) groups is 1. The van der Waals surface area contributed by atoms with Crippen LogP contribution in [0.25, 0.3) is 16.5 Å². The van der Waals surface area contributed by atoms with Gasteiger partial charge in [-0.05, 0) is 36.5 Å². The van der Waals surface area contributed by atoms with Crippen molar-refractivity contribution in [3.05, 3.63) is 60.4 Å². The normalized spacial score (nSPS) is 9.95. The van der Waals surface area contributed by atoms with Crippen LogP contribution in [-0.4, -0.2) is 9.73 Å². The van der Waals surface area contributed by atoms with Crippen LogP contribution in [0.3, 0.4) is 0 Å². The van der Waals surface area contributed by atoms with Crippen molar-refractivity contribution in [2.75, 3.05) is 0 Å². The van der Waals surface area contributed by atoms with Gasteiger partial charge in [0.25, 0.3) is 0 Å². The van der Waals surface area contributed by atoms with Crippen LogP contribution in [0.4, 0.5) is 5.69 Å². The number of isothiocyanates is 1. The smallest absolute Gasteiger partial charge is 0.132 e. The quantitative estimate of drug-likeness (QED) is 0.518. The molecule has 0 saturated carbocycles. The molecular weight excluding hydrogens is 266 g/mol. The average Bonchev–Trinajstić information content (AvgIpc) is 2.87. The molecule has 2 aromatic carbocycles. The van der Waals surface area contributed by atoms with Gasteiger partial charge in [0.15, 0.2) is 0 Å². The molecule has 3 nitrogen and oxygen atoms in total. The van der Waals surface area contributed by atoms with Gasteiger partial charge in [0.2, 0.25) is 0 Å². The summed E-state index contributed by atoms with van der Waals surface area (Å²) in [5, 5.41) is 13.7. The molecule has 0 fully saturated rings. The van der Waals surface area contributed by atoms with E-state index in [4.69, 9.17) is 0 Å². The lowest BCUT2D eigenvalue weighted by molar-refractivity contribution is 1.06. The monoisotopic (exact) mass is 275 g/mol. The Kier molecular flexibility index (Phi) is 3.14. The first kappa shape index (κ1) is 12.3. The second-order valence-corrected chi connectivity index (χ2v) is 4.45. The molecule has 0 atom stereocenters. The van der Waals surface area contributed by atoms with Gasteiger partial charge in [0, 0.05) is 22.7 Å². The predicted molar refractivity (Wildman–Crippen MR) is 82.7 cm³/mol. The lowest BCUT2D eigenvalue weighted by Gasteiger charge is -2.04. The Labute approximate surface area is 121 Å². The van der Waals surface area contributed by atoms with E-state index in [1.165, 1.54) is 0 Å². The summed E-state index contributed by atoms with van der Waals surface area (Å²) in [7, 11) is 0. The molecule has 0 amide bonds. The number of hydrogen-bond donors (Lipinski definition) is 0. The van der Waals surface area contributed by atoms with Gasteiger partial charge < -0.3 is 4.57 Å². The van der Waals surface area contributed by atoms with E-state index >= 15 is 0 Å². The van der Waals surface area contributed by atoms with Gasteiger partial charge in [-0.15, -0.1) is 0 Å². The maximum Gasteiger partial charge on any atom is 0.132 e. The summed E-state index contributed by atoms with van der Waals surface area (Å²) in [6, 6.07) is 17.6. The van der Waals surface area contributed by atoms with Crippen LogP contribution in [0, 0.1) is 11.3 Å². The molecule has 0 bridgehead atoms. The number of fused-ring (bicyclic) bond motifs is 1. The highest BCUT2D eigenvalue weighted by atomic mass is 32.1. The molecule has 0 aliphatic carbocycles. The molecule has 3 aromatic rings. The number of nitriles is 1. The van der Waals surface area contributed by atoms with E-state index in [1.807, 2.05) is 59.3 Å². The lowest BCUT2D eigenvalue weighted by atomic mass is 10.2. The number of hydrogen-bond acceptors (Lipinski definition) is 3. The number of aliphatic imine (C=N–C) groups is 1. The van der Waals surface area contributed by atoms with E-state index in [-0.39, 0.29) is 0 Å². The highest BCUT2D eigenvalue weighted by molar-refractivity contribution is 7.78. The van der Waals surface area contributed by atoms with Crippen LogP contribution in [0.1, 0.15) is 5.69 Å². The van der Waals surface area contributed by atoms with Crippen LogP contribution in [0.15, 0.2) is 59.7 Å². The second kappa shape index (κ2) is 5.10. The van der Waals surface area contributed by atoms with E-state index in [9.17, 15) is 5.26 Å². The van der Waals surface area contributed by atoms with Crippen molar-refractivity contribution >= 4 is 33.8 Å². The SMILES string of the molecule is N#Cc1c2ccccc2cn1-c1ccc(N=C=S)cc1. The van der Waals surface area contributed by atoms with Crippen molar-refractivity contribution in [2.24, 2.45) is 4.99 Å². The highest BCUT2D eigenvalue weighted by Gasteiger charge is 2.09. The van der Waals surface area contributed by atoms with Gasteiger partial charge in [-0.1, -0.05) is 24.3 Å². The molecule has 3 rings (SSSR count). The molecule has 94 valence electrons. The summed E-state index contributed by atoms with van der Waals surface area (Å²) >= 11 is 4.58. The third-order valence-electron chi connectivity index (χ3n) is 3.13. The van der Waals surface area contributed by atoms with Gasteiger partial charge in [0.1, 0.15) is 11.8 Å². The third-order valence-corrected chi connectivity index (χ3v) is 3.22. The summed E-state index contributed by atoms with van der Waals surface area (Å²) in [5.41, 5.74) is 2.30. The summed E-state index contributed by atoms with van der Waals surface area (Å²) in [4.78, 5) is 3.92. The predicted octanol–water partition coefficient (Wildman–Crippen LogP) is 4.24. The minimum absolute atomic E-state index is 0.631. The summed E-state index contributed by atoms with van der Waals surface area (Å²) in [5.74, 6) is 0. The molecule has 0 spiro atoms. The van der Waals surface area contributed by atoms with Crippen LogP contribution in [0.2, 0.25) is 0 Å². The maximum atomic E-state index is 9.39. The second-order valence-electron chi connectivity index (χ2n) is 4.27. The van der Waals surface area contributed by atoms with Crippen LogP contribution in [-0.2, 0) is 0 Å². The Balaban J connectivity index is 2.19. The third kappa shape index (κ3) is 2.02. The Hall–Kier alpha value is -2.73. The van der Waals surface area contributed by atoms with Crippen molar-refractivity contribution < 1.29 is 0 Å². The number of aromatic nitrogens is 1. The molecule has 0 N–H and O–H groups in total. The molecule has 0 aliphatic heterocycles. The van der Waals surface area contributed by atoms with E-state index in [2.05, 4.69) is 28.4 Å². The molecule has 0 radical (unpaired) electrons. The van der Waals surface area contributed by atoms with Crippen LogP contribution in [0.5, 0.6) is 0 Å². The van der Waals surface area contributed by atoms with Crippen LogP contribution < -0.4 is 0 Å². The zero-order valence-electron chi connectivity index (χ0n) is 10.4. The number of rotatable bonds is 2. The molecular formula is C16H9N3S. The minimum atomic E-state index is 0.631. The van der Waals surface area contributed by atoms with Crippen molar-refractivity contribution in [3.63, 3.8) is 0 Å². The van der Waals surface area contributed by atoms with Crippen LogP contribution >= 0.6 is 12.2 Å². The first-order valence-corrected chi connectivity index (χ1v) is 6.43. The molecule has 1 aromatic heterocycles. The zero-order chi connectivity index (χ0) is 13.9. The number of benzene rings is 2.